The first kappa shape index (κ1) is 18.3. The molecule has 3 N–H and O–H groups in total. The number of pyridine rings is 2. The molecule has 1 fully saturated rings. The summed E-state index contributed by atoms with van der Waals surface area (Å²) in [6, 6.07) is 8.97. The number of nitrogens with zero attached hydrogens (tertiary/aromatic N) is 2. The molecule has 4 rings (SSSR count). The number of rotatable bonds is 4. The molecule has 0 unspecified atom stereocenters. The van der Waals surface area contributed by atoms with Crippen LogP contribution in [-0.2, 0) is 11.3 Å². The Balaban J connectivity index is 1.73. The maximum atomic E-state index is 12.1. The molecule has 0 atom stereocenters. The van der Waals surface area contributed by atoms with Gasteiger partial charge < -0.3 is 15.5 Å². The summed E-state index contributed by atoms with van der Waals surface area (Å²) in [6.45, 7) is 5.73. The van der Waals surface area contributed by atoms with E-state index in [4.69, 9.17) is 10.5 Å². The van der Waals surface area contributed by atoms with Crippen LogP contribution in [0.1, 0.15) is 21.5 Å². The first-order valence-corrected chi connectivity index (χ1v) is 9.24. The molecule has 1 aliphatic rings. The van der Waals surface area contributed by atoms with Crippen LogP contribution in [-0.4, -0.2) is 47.1 Å². The summed E-state index contributed by atoms with van der Waals surface area (Å²) < 4.78 is 5.37. The summed E-state index contributed by atoms with van der Waals surface area (Å²) in [6.07, 6.45) is 1.79. The van der Waals surface area contributed by atoms with Crippen LogP contribution in [0.15, 0.2) is 41.3 Å². The first-order chi connectivity index (χ1) is 13.5. The fraction of sp³-hybridized carbons (Fsp3) is 0.286. The molecule has 144 valence electrons. The van der Waals surface area contributed by atoms with Crippen molar-refractivity contribution in [1.82, 2.24) is 14.9 Å². The molecule has 7 heteroatoms. The maximum Gasteiger partial charge on any atom is 0.250 e. The second kappa shape index (κ2) is 7.53. The molecule has 7 nitrogen and oxygen atoms in total. The molecule has 2 aromatic heterocycles. The predicted molar refractivity (Wildman–Crippen MR) is 107 cm³/mol. The molecule has 0 radical (unpaired) electrons. The van der Waals surface area contributed by atoms with E-state index in [-0.39, 0.29) is 5.56 Å². The smallest absolute Gasteiger partial charge is 0.250 e. The highest BCUT2D eigenvalue weighted by Crippen LogP contribution is 2.27. The highest BCUT2D eigenvalue weighted by Gasteiger charge is 2.16. The third kappa shape index (κ3) is 3.67. The highest BCUT2D eigenvalue weighted by atomic mass is 16.5. The number of benzene rings is 1. The Hall–Kier alpha value is -3.03. The Labute approximate surface area is 162 Å². The molecule has 28 heavy (non-hydrogen) atoms. The van der Waals surface area contributed by atoms with Crippen LogP contribution in [0.4, 0.5) is 0 Å². The van der Waals surface area contributed by atoms with E-state index in [1.807, 2.05) is 31.2 Å². The number of nitrogens with one attached hydrogen (secondary N) is 1. The van der Waals surface area contributed by atoms with E-state index in [2.05, 4.69) is 14.9 Å². The van der Waals surface area contributed by atoms with E-state index < -0.39 is 5.91 Å². The molecular formula is C21H22N4O3. The Bertz CT molecular complexity index is 1100. The van der Waals surface area contributed by atoms with Crippen molar-refractivity contribution >= 4 is 16.8 Å². The first-order valence-electron chi connectivity index (χ1n) is 9.24. The van der Waals surface area contributed by atoms with Gasteiger partial charge in [0.05, 0.1) is 24.5 Å². The van der Waals surface area contributed by atoms with Crippen LogP contribution in [0, 0.1) is 6.92 Å². The zero-order valence-electron chi connectivity index (χ0n) is 15.7. The number of aryl methyl sites for hydroxylation is 1. The average Bonchev–Trinajstić information content (AvgIpc) is 2.68. The van der Waals surface area contributed by atoms with Crippen molar-refractivity contribution in [2.75, 3.05) is 26.3 Å². The average molecular weight is 378 g/mol. The van der Waals surface area contributed by atoms with Gasteiger partial charge in [0, 0.05) is 48.4 Å². The zero-order valence-corrected chi connectivity index (χ0v) is 15.7. The van der Waals surface area contributed by atoms with Gasteiger partial charge in [-0.3, -0.25) is 19.5 Å². The Morgan fingerprint density at radius 3 is 2.79 bits per heavy atom. The van der Waals surface area contributed by atoms with Crippen LogP contribution < -0.4 is 11.3 Å². The van der Waals surface area contributed by atoms with Gasteiger partial charge in [0.1, 0.15) is 0 Å². The van der Waals surface area contributed by atoms with Gasteiger partial charge in [0.25, 0.3) is 5.91 Å². The van der Waals surface area contributed by atoms with Gasteiger partial charge in [-0.05, 0) is 36.2 Å². The van der Waals surface area contributed by atoms with Crippen molar-refractivity contribution in [2.24, 2.45) is 5.73 Å². The number of amides is 1. The van der Waals surface area contributed by atoms with E-state index >= 15 is 0 Å². The van der Waals surface area contributed by atoms with Crippen molar-refractivity contribution in [3.05, 3.63) is 63.6 Å². The fourth-order valence-corrected chi connectivity index (χ4v) is 3.60. The quantitative estimate of drug-likeness (QED) is 0.721. The SMILES string of the molecule is Cc1cc(=O)[nH]c2ccc(-c3ncc(CN4CCOCC4)cc3C(N)=O)cc12. The summed E-state index contributed by atoms with van der Waals surface area (Å²) in [5.41, 5.74) is 9.81. The lowest BCUT2D eigenvalue weighted by Crippen LogP contribution is -2.35. The van der Waals surface area contributed by atoms with Crippen LogP contribution >= 0.6 is 0 Å². The standard InChI is InChI=1S/C21H22N4O3/c1-13-8-19(26)24-18-3-2-15(10-16(13)18)20-17(21(22)27)9-14(11-23-20)12-25-4-6-28-7-5-25/h2-3,8-11H,4-7,12H2,1H3,(H2,22,27)(H,24,26). The van der Waals surface area contributed by atoms with Gasteiger partial charge in [0.2, 0.25) is 5.56 Å². The van der Waals surface area contributed by atoms with E-state index in [1.165, 1.54) is 0 Å². The number of hydrogen-bond donors (Lipinski definition) is 2. The van der Waals surface area contributed by atoms with Gasteiger partial charge in [-0.15, -0.1) is 0 Å². The molecule has 1 aliphatic heterocycles. The van der Waals surface area contributed by atoms with Crippen molar-refractivity contribution in [3.63, 3.8) is 0 Å². The van der Waals surface area contributed by atoms with Gasteiger partial charge in [-0.1, -0.05) is 6.07 Å². The summed E-state index contributed by atoms with van der Waals surface area (Å²) >= 11 is 0. The molecular weight excluding hydrogens is 356 g/mol. The topological polar surface area (TPSA) is 101 Å². The number of hydrogen-bond acceptors (Lipinski definition) is 5. The molecule has 1 amide bonds. The number of aromatic amines is 1. The monoisotopic (exact) mass is 378 g/mol. The van der Waals surface area contributed by atoms with Crippen molar-refractivity contribution in [1.29, 1.82) is 0 Å². The number of carbonyl (C=O) groups excluding carboxylic acids is 1. The second-order valence-corrected chi connectivity index (χ2v) is 7.07. The third-order valence-corrected chi connectivity index (χ3v) is 5.04. The van der Waals surface area contributed by atoms with E-state index in [0.29, 0.717) is 31.0 Å². The number of carbonyl (C=O) groups is 1. The number of fused-ring (bicyclic) bond motifs is 1. The fourth-order valence-electron chi connectivity index (χ4n) is 3.60. The number of primary amides is 1. The predicted octanol–water partition coefficient (Wildman–Crippen LogP) is 1.83. The number of ether oxygens (including phenoxy) is 1. The van der Waals surface area contributed by atoms with Gasteiger partial charge in [-0.25, -0.2) is 0 Å². The Kier molecular flexibility index (Phi) is 4.93. The van der Waals surface area contributed by atoms with Crippen molar-refractivity contribution < 1.29 is 9.53 Å². The Morgan fingerprint density at radius 1 is 1.25 bits per heavy atom. The molecule has 1 saturated heterocycles. The molecule has 3 aromatic rings. The Morgan fingerprint density at radius 2 is 2.04 bits per heavy atom. The summed E-state index contributed by atoms with van der Waals surface area (Å²) in [4.78, 5) is 33.4. The lowest BCUT2D eigenvalue weighted by atomic mass is 10.00. The zero-order chi connectivity index (χ0) is 19.7. The maximum absolute atomic E-state index is 12.1. The third-order valence-electron chi connectivity index (χ3n) is 5.04. The van der Waals surface area contributed by atoms with Gasteiger partial charge >= 0.3 is 0 Å². The van der Waals surface area contributed by atoms with E-state index in [9.17, 15) is 9.59 Å². The van der Waals surface area contributed by atoms with E-state index in [0.717, 1.165) is 40.7 Å². The summed E-state index contributed by atoms with van der Waals surface area (Å²) in [7, 11) is 0. The number of morpholine rings is 1. The summed E-state index contributed by atoms with van der Waals surface area (Å²) in [5.74, 6) is -0.510. The highest BCUT2D eigenvalue weighted by molar-refractivity contribution is 6.00. The number of H-pyrrole nitrogens is 1. The largest absolute Gasteiger partial charge is 0.379 e. The molecule has 3 heterocycles. The lowest BCUT2D eigenvalue weighted by Gasteiger charge is -2.26. The van der Waals surface area contributed by atoms with Gasteiger partial charge in [-0.2, -0.15) is 0 Å². The molecule has 0 spiro atoms. The van der Waals surface area contributed by atoms with Crippen molar-refractivity contribution in [2.45, 2.75) is 13.5 Å². The minimum atomic E-state index is -0.510. The minimum Gasteiger partial charge on any atom is -0.379 e. The van der Waals surface area contributed by atoms with Gasteiger partial charge in [0.15, 0.2) is 0 Å². The molecule has 0 bridgehead atoms. The second-order valence-electron chi connectivity index (χ2n) is 7.07. The lowest BCUT2D eigenvalue weighted by molar-refractivity contribution is 0.0341. The van der Waals surface area contributed by atoms with Crippen LogP contribution in [0.25, 0.3) is 22.2 Å². The molecule has 0 saturated carbocycles. The molecule has 0 aliphatic carbocycles. The van der Waals surface area contributed by atoms with Crippen LogP contribution in [0.5, 0.6) is 0 Å². The number of nitrogens with two attached hydrogens (primary N) is 1. The van der Waals surface area contributed by atoms with Crippen molar-refractivity contribution in [3.8, 4) is 11.3 Å². The van der Waals surface area contributed by atoms with Crippen LogP contribution in [0.2, 0.25) is 0 Å². The molecule has 1 aromatic carbocycles. The summed E-state index contributed by atoms with van der Waals surface area (Å²) in [5, 5.41) is 0.909. The van der Waals surface area contributed by atoms with Crippen LogP contribution in [0.3, 0.4) is 0 Å². The number of aromatic nitrogens is 2. The van der Waals surface area contributed by atoms with E-state index in [1.54, 1.807) is 12.3 Å². The minimum absolute atomic E-state index is 0.138. The normalized spacial score (nSPS) is 15.0.